The van der Waals surface area contributed by atoms with E-state index >= 15 is 0 Å². The van der Waals surface area contributed by atoms with Crippen molar-refractivity contribution in [1.29, 1.82) is 0 Å². The van der Waals surface area contributed by atoms with Crippen LogP contribution in [-0.4, -0.2) is 50.1 Å². The van der Waals surface area contributed by atoms with Gasteiger partial charge in [-0.05, 0) is 58.6 Å². The van der Waals surface area contributed by atoms with Crippen LogP contribution in [0, 0.1) is 0 Å². The number of hydrogen-bond acceptors (Lipinski definition) is 3. The van der Waals surface area contributed by atoms with Crippen molar-refractivity contribution in [2.24, 2.45) is 0 Å². The number of likely N-dealkylation sites (tertiary alicyclic amines) is 1. The van der Waals surface area contributed by atoms with Gasteiger partial charge in [-0.25, -0.2) is 0 Å². The molecule has 0 aliphatic carbocycles. The van der Waals surface area contributed by atoms with E-state index in [1.807, 2.05) is 6.07 Å². The van der Waals surface area contributed by atoms with Gasteiger partial charge in [-0.3, -0.25) is 4.90 Å². The van der Waals surface area contributed by atoms with Crippen LogP contribution < -0.4 is 4.74 Å². The quantitative estimate of drug-likeness (QED) is 0.832. The number of nitrogens with zero attached hydrogens (tertiary/aromatic N) is 2. The molecule has 0 bridgehead atoms. The van der Waals surface area contributed by atoms with Gasteiger partial charge in [0.2, 0.25) is 0 Å². The highest BCUT2D eigenvalue weighted by Gasteiger charge is 2.20. The molecule has 1 heterocycles. The van der Waals surface area contributed by atoms with Crippen LogP contribution in [0.2, 0.25) is 10.0 Å². The van der Waals surface area contributed by atoms with Crippen LogP contribution in [0.1, 0.15) is 24.8 Å². The molecule has 1 aromatic carbocycles. The van der Waals surface area contributed by atoms with E-state index in [4.69, 9.17) is 27.9 Å². The second-order valence-electron chi connectivity index (χ2n) is 5.90. The van der Waals surface area contributed by atoms with Crippen molar-refractivity contribution in [2.45, 2.75) is 31.8 Å². The molecule has 0 radical (unpaired) electrons. The predicted molar refractivity (Wildman–Crippen MR) is 89.6 cm³/mol. The third kappa shape index (κ3) is 4.49. The number of halogens is 2. The summed E-state index contributed by atoms with van der Waals surface area (Å²) < 4.78 is 5.44. The molecule has 0 amide bonds. The Morgan fingerprint density at radius 1 is 1.24 bits per heavy atom. The van der Waals surface area contributed by atoms with E-state index in [2.05, 4.69) is 23.9 Å². The Hall–Kier alpha value is -0.480. The minimum atomic E-state index is 0.584. The highest BCUT2D eigenvalue weighted by Crippen LogP contribution is 2.33. The van der Waals surface area contributed by atoms with Gasteiger partial charge in [0.15, 0.2) is 0 Å². The number of ether oxygens (including phenoxy) is 1. The second-order valence-corrected chi connectivity index (χ2v) is 6.75. The molecule has 21 heavy (non-hydrogen) atoms. The lowest BCUT2D eigenvalue weighted by Crippen LogP contribution is -2.30. The number of methoxy groups -OCH3 is 1. The normalized spacial score (nSPS) is 20.6. The SMILES string of the molecule is COc1c(Cl)cc(Cl)cc1CN1CCCC(N(C)C)CC1. The zero-order valence-electron chi connectivity index (χ0n) is 13.0. The van der Waals surface area contributed by atoms with Crippen molar-refractivity contribution in [3.63, 3.8) is 0 Å². The molecule has 0 spiro atoms. The van der Waals surface area contributed by atoms with Crippen molar-refractivity contribution in [1.82, 2.24) is 9.80 Å². The average molecular weight is 331 g/mol. The van der Waals surface area contributed by atoms with E-state index in [1.54, 1.807) is 13.2 Å². The van der Waals surface area contributed by atoms with Crippen molar-refractivity contribution in [3.05, 3.63) is 27.7 Å². The lowest BCUT2D eigenvalue weighted by molar-refractivity contribution is 0.243. The summed E-state index contributed by atoms with van der Waals surface area (Å²) in [6.07, 6.45) is 3.68. The third-order valence-corrected chi connectivity index (χ3v) is 4.70. The van der Waals surface area contributed by atoms with Crippen LogP contribution in [0.25, 0.3) is 0 Å². The first-order valence-electron chi connectivity index (χ1n) is 7.42. The fraction of sp³-hybridized carbons (Fsp3) is 0.625. The molecule has 0 saturated carbocycles. The van der Waals surface area contributed by atoms with Crippen molar-refractivity contribution in [3.8, 4) is 5.75 Å². The molecule has 1 saturated heterocycles. The summed E-state index contributed by atoms with van der Waals surface area (Å²) in [6.45, 7) is 3.04. The summed E-state index contributed by atoms with van der Waals surface area (Å²) in [5.41, 5.74) is 1.07. The van der Waals surface area contributed by atoms with Gasteiger partial charge < -0.3 is 9.64 Å². The highest BCUT2D eigenvalue weighted by atomic mass is 35.5. The molecule has 3 nitrogen and oxygen atoms in total. The Kier molecular flexibility index (Phi) is 6.18. The summed E-state index contributed by atoms with van der Waals surface area (Å²) in [7, 11) is 5.99. The fourth-order valence-corrected chi connectivity index (χ4v) is 3.63. The standard InChI is InChI=1S/C16H24Cl2N2O/c1-19(2)14-5-4-7-20(8-6-14)11-12-9-13(17)10-15(18)16(12)21-3/h9-10,14H,4-8,11H2,1-3H3. The maximum absolute atomic E-state index is 6.21. The minimum absolute atomic E-state index is 0.584. The number of rotatable bonds is 4. The molecule has 1 aromatic rings. The van der Waals surface area contributed by atoms with Crippen molar-refractivity contribution >= 4 is 23.2 Å². The Balaban J connectivity index is 2.08. The van der Waals surface area contributed by atoms with Gasteiger partial charge >= 0.3 is 0 Å². The number of benzene rings is 1. The summed E-state index contributed by atoms with van der Waals surface area (Å²) in [4.78, 5) is 4.80. The first kappa shape index (κ1) is 16.9. The Bertz CT molecular complexity index is 480. The first-order valence-corrected chi connectivity index (χ1v) is 8.17. The molecule has 2 rings (SSSR count). The van der Waals surface area contributed by atoms with Gasteiger partial charge in [-0.1, -0.05) is 23.2 Å². The highest BCUT2D eigenvalue weighted by molar-refractivity contribution is 6.35. The zero-order valence-corrected chi connectivity index (χ0v) is 14.5. The van der Waals surface area contributed by atoms with E-state index in [1.165, 1.54) is 19.3 Å². The van der Waals surface area contributed by atoms with Gasteiger partial charge in [0.25, 0.3) is 0 Å². The molecule has 0 aromatic heterocycles. The average Bonchev–Trinajstić information content (AvgIpc) is 2.64. The van der Waals surface area contributed by atoms with Crippen LogP contribution in [-0.2, 0) is 6.54 Å². The summed E-state index contributed by atoms with van der Waals surface area (Å²) in [5.74, 6) is 0.745. The van der Waals surface area contributed by atoms with E-state index < -0.39 is 0 Å². The number of hydrogen-bond donors (Lipinski definition) is 0. The topological polar surface area (TPSA) is 15.7 Å². The lowest BCUT2D eigenvalue weighted by atomic mass is 10.1. The molecule has 0 N–H and O–H groups in total. The predicted octanol–water partition coefficient (Wildman–Crippen LogP) is 3.92. The molecule has 1 atom stereocenters. The summed E-state index contributed by atoms with van der Waals surface area (Å²) >= 11 is 12.3. The van der Waals surface area contributed by atoms with Crippen LogP contribution >= 0.6 is 23.2 Å². The zero-order chi connectivity index (χ0) is 15.4. The summed E-state index contributed by atoms with van der Waals surface area (Å²) in [6, 6.07) is 4.37. The van der Waals surface area contributed by atoms with Crippen molar-refractivity contribution < 1.29 is 4.74 Å². The molecule has 1 unspecified atom stereocenters. The van der Waals surface area contributed by atoms with E-state index in [0.29, 0.717) is 16.1 Å². The molecule has 1 aliphatic rings. The van der Waals surface area contributed by atoms with Crippen LogP contribution in [0.4, 0.5) is 0 Å². The van der Waals surface area contributed by atoms with Gasteiger partial charge in [0, 0.05) is 23.2 Å². The largest absolute Gasteiger partial charge is 0.495 e. The lowest BCUT2D eigenvalue weighted by Gasteiger charge is -2.24. The minimum Gasteiger partial charge on any atom is -0.495 e. The molecule has 1 fully saturated rings. The van der Waals surface area contributed by atoms with Crippen LogP contribution in [0.5, 0.6) is 5.75 Å². The van der Waals surface area contributed by atoms with E-state index in [0.717, 1.165) is 30.9 Å². The third-order valence-electron chi connectivity index (χ3n) is 4.20. The summed E-state index contributed by atoms with van der Waals surface area (Å²) in [5, 5.41) is 1.25. The molecule has 118 valence electrons. The monoisotopic (exact) mass is 330 g/mol. The maximum atomic E-state index is 6.21. The fourth-order valence-electron chi connectivity index (χ4n) is 3.01. The van der Waals surface area contributed by atoms with E-state index in [9.17, 15) is 0 Å². The Morgan fingerprint density at radius 3 is 2.67 bits per heavy atom. The maximum Gasteiger partial charge on any atom is 0.142 e. The van der Waals surface area contributed by atoms with Crippen LogP contribution in [0.3, 0.4) is 0 Å². The van der Waals surface area contributed by atoms with Gasteiger partial charge in [0.05, 0.1) is 12.1 Å². The van der Waals surface area contributed by atoms with Gasteiger partial charge in [-0.2, -0.15) is 0 Å². The Morgan fingerprint density at radius 2 is 2.00 bits per heavy atom. The van der Waals surface area contributed by atoms with Gasteiger partial charge in [0.1, 0.15) is 5.75 Å². The smallest absolute Gasteiger partial charge is 0.142 e. The van der Waals surface area contributed by atoms with E-state index in [-0.39, 0.29) is 0 Å². The second kappa shape index (κ2) is 7.68. The van der Waals surface area contributed by atoms with Gasteiger partial charge in [-0.15, -0.1) is 0 Å². The van der Waals surface area contributed by atoms with Crippen molar-refractivity contribution in [2.75, 3.05) is 34.3 Å². The Labute approximate surface area is 137 Å². The van der Waals surface area contributed by atoms with Crippen LogP contribution in [0.15, 0.2) is 12.1 Å². The molecule has 1 aliphatic heterocycles. The molecule has 5 heteroatoms. The first-order chi connectivity index (χ1) is 10.0. The molecular weight excluding hydrogens is 307 g/mol. The molecular formula is C16H24Cl2N2O.